The van der Waals surface area contributed by atoms with Crippen molar-refractivity contribution < 1.29 is 19.0 Å². The molecule has 4 heteroatoms. The summed E-state index contributed by atoms with van der Waals surface area (Å²) in [5.74, 6) is 2.50. The van der Waals surface area contributed by atoms with Gasteiger partial charge in [0.25, 0.3) is 0 Å². The Morgan fingerprint density at radius 1 is 1.17 bits per heavy atom. The number of hydrogen-bond acceptors (Lipinski definition) is 4. The molecule has 0 heterocycles. The molecule has 2 aromatic carbocycles. The number of carbonyl (C=O) groups is 1. The van der Waals surface area contributed by atoms with E-state index >= 15 is 0 Å². The molecule has 1 unspecified atom stereocenters. The molecular formula is C25H30O4. The second-order valence-electron chi connectivity index (χ2n) is 7.54. The molecule has 0 fully saturated rings. The highest BCUT2D eigenvalue weighted by Gasteiger charge is 2.24. The van der Waals surface area contributed by atoms with Crippen molar-refractivity contribution in [2.24, 2.45) is 0 Å². The number of benzene rings is 2. The third-order valence-corrected chi connectivity index (χ3v) is 4.45. The van der Waals surface area contributed by atoms with Crippen molar-refractivity contribution in [1.82, 2.24) is 0 Å². The number of unbranched alkanes of at least 4 members (excludes halogenated alkanes) is 1. The topological polar surface area (TPSA) is 44.8 Å². The molecular weight excluding hydrogens is 364 g/mol. The Morgan fingerprint density at radius 2 is 1.86 bits per heavy atom. The molecule has 0 aliphatic rings. The van der Waals surface area contributed by atoms with Crippen molar-refractivity contribution in [3.63, 3.8) is 0 Å². The molecule has 0 saturated heterocycles. The van der Waals surface area contributed by atoms with Crippen molar-refractivity contribution in [2.75, 3.05) is 0 Å². The highest BCUT2D eigenvalue weighted by atomic mass is 16.7. The SMILES string of the molecule is C#Cc1ccc(C(CCCC)Oc2ccc(C)c(OC(C)(C)OC(C)=O)c2)cc1. The van der Waals surface area contributed by atoms with Gasteiger partial charge in [-0.25, -0.2) is 0 Å². The maximum atomic E-state index is 11.3. The van der Waals surface area contributed by atoms with E-state index in [0.717, 1.165) is 36.0 Å². The van der Waals surface area contributed by atoms with Crippen molar-refractivity contribution in [2.45, 2.75) is 65.8 Å². The van der Waals surface area contributed by atoms with E-state index in [1.54, 1.807) is 13.8 Å². The first-order valence-electron chi connectivity index (χ1n) is 9.96. The highest BCUT2D eigenvalue weighted by Crippen LogP contribution is 2.32. The number of rotatable bonds is 9. The minimum Gasteiger partial charge on any atom is -0.486 e. The van der Waals surface area contributed by atoms with E-state index in [2.05, 4.69) is 12.8 Å². The summed E-state index contributed by atoms with van der Waals surface area (Å²) in [5, 5.41) is 0. The van der Waals surface area contributed by atoms with Crippen LogP contribution in [0.5, 0.6) is 11.5 Å². The molecule has 0 N–H and O–H groups in total. The first kappa shape index (κ1) is 22.4. The smallest absolute Gasteiger partial charge is 0.305 e. The largest absolute Gasteiger partial charge is 0.486 e. The first-order valence-corrected chi connectivity index (χ1v) is 9.96. The molecule has 29 heavy (non-hydrogen) atoms. The molecule has 0 aliphatic carbocycles. The third-order valence-electron chi connectivity index (χ3n) is 4.45. The Balaban J connectivity index is 2.24. The van der Waals surface area contributed by atoms with E-state index in [1.165, 1.54) is 6.92 Å². The molecule has 154 valence electrons. The van der Waals surface area contributed by atoms with E-state index in [-0.39, 0.29) is 6.10 Å². The lowest BCUT2D eigenvalue weighted by molar-refractivity contribution is -0.183. The van der Waals surface area contributed by atoms with E-state index in [9.17, 15) is 4.79 Å². The lowest BCUT2D eigenvalue weighted by Gasteiger charge is -2.27. The lowest BCUT2D eigenvalue weighted by atomic mass is 10.0. The first-order chi connectivity index (χ1) is 13.7. The van der Waals surface area contributed by atoms with Gasteiger partial charge in [-0.3, -0.25) is 4.79 Å². The van der Waals surface area contributed by atoms with Crippen molar-refractivity contribution in [1.29, 1.82) is 0 Å². The maximum Gasteiger partial charge on any atom is 0.305 e. The summed E-state index contributed by atoms with van der Waals surface area (Å²) < 4.78 is 17.5. The van der Waals surface area contributed by atoms with Crippen LogP contribution < -0.4 is 9.47 Å². The van der Waals surface area contributed by atoms with Crippen LogP contribution in [-0.4, -0.2) is 11.8 Å². The van der Waals surface area contributed by atoms with Crippen molar-refractivity contribution >= 4 is 5.97 Å². The minimum atomic E-state index is -1.07. The Hall–Kier alpha value is -2.93. The van der Waals surface area contributed by atoms with Gasteiger partial charge < -0.3 is 14.2 Å². The molecule has 0 amide bonds. The average molecular weight is 395 g/mol. The number of esters is 1. The Morgan fingerprint density at radius 3 is 2.45 bits per heavy atom. The van der Waals surface area contributed by atoms with Crippen molar-refractivity contribution in [3.8, 4) is 23.8 Å². The lowest BCUT2D eigenvalue weighted by Crippen LogP contribution is -2.33. The average Bonchev–Trinajstić information content (AvgIpc) is 2.66. The third kappa shape index (κ3) is 6.87. The van der Waals surface area contributed by atoms with Crippen LogP contribution in [0.3, 0.4) is 0 Å². The standard InChI is InChI=1S/C25H30O4/c1-7-9-10-23(21-14-12-20(8-2)13-15-21)27-22-16-11-18(3)24(17-22)29-25(5,6)28-19(4)26/h2,11-17,23H,7,9-10H2,1,3-6H3. The monoisotopic (exact) mass is 394 g/mol. The van der Waals surface area contributed by atoms with Gasteiger partial charge in [0.05, 0.1) is 0 Å². The van der Waals surface area contributed by atoms with Crippen LogP contribution in [0, 0.1) is 19.3 Å². The molecule has 0 spiro atoms. The van der Waals surface area contributed by atoms with E-state index < -0.39 is 11.8 Å². The Labute approximate surface area is 174 Å². The fraction of sp³-hybridized carbons (Fsp3) is 0.400. The Bertz CT molecular complexity index is 859. The quantitative estimate of drug-likeness (QED) is 0.299. The van der Waals surface area contributed by atoms with Gasteiger partial charge in [-0.1, -0.05) is 37.5 Å². The van der Waals surface area contributed by atoms with Crippen LogP contribution in [0.15, 0.2) is 42.5 Å². The number of carbonyl (C=O) groups excluding carboxylic acids is 1. The maximum absolute atomic E-state index is 11.3. The molecule has 0 radical (unpaired) electrons. The molecule has 2 aromatic rings. The number of ether oxygens (including phenoxy) is 3. The van der Waals surface area contributed by atoms with E-state index in [1.807, 2.05) is 49.4 Å². The summed E-state index contributed by atoms with van der Waals surface area (Å²) >= 11 is 0. The number of aryl methyl sites for hydroxylation is 1. The van der Waals surface area contributed by atoms with Crippen molar-refractivity contribution in [3.05, 3.63) is 59.2 Å². The zero-order chi connectivity index (χ0) is 21.4. The van der Waals surface area contributed by atoms with Crippen LogP contribution in [-0.2, 0) is 9.53 Å². The van der Waals surface area contributed by atoms with Gasteiger partial charge >= 0.3 is 5.97 Å². The van der Waals surface area contributed by atoms with Gasteiger partial charge in [0.1, 0.15) is 17.6 Å². The summed E-state index contributed by atoms with van der Waals surface area (Å²) in [6.45, 7) is 8.88. The molecule has 2 rings (SSSR count). The van der Waals surface area contributed by atoms with Gasteiger partial charge in [0, 0.05) is 32.4 Å². The zero-order valence-corrected chi connectivity index (χ0v) is 18.0. The highest BCUT2D eigenvalue weighted by molar-refractivity contribution is 5.66. The van der Waals surface area contributed by atoms with Crippen LogP contribution in [0.25, 0.3) is 0 Å². The van der Waals surface area contributed by atoms with Gasteiger partial charge in [0.15, 0.2) is 0 Å². The minimum absolute atomic E-state index is 0.0844. The van der Waals surface area contributed by atoms with Crippen LogP contribution in [0.2, 0.25) is 0 Å². The van der Waals surface area contributed by atoms with E-state index in [0.29, 0.717) is 11.5 Å². The fourth-order valence-corrected chi connectivity index (χ4v) is 3.04. The van der Waals surface area contributed by atoms with Gasteiger partial charge in [0.2, 0.25) is 5.79 Å². The van der Waals surface area contributed by atoms with E-state index in [4.69, 9.17) is 20.6 Å². The van der Waals surface area contributed by atoms with Crippen LogP contribution in [0.1, 0.15) is 69.8 Å². The summed E-state index contributed by atoms with van der Waals surface area (Å²) in [6, 6.07) is 13.6. The molecule has 0 aliphatic heterocycles. The number of hydrogen-bond donors (Lipinski definition) is 0. The predicted molar refractivity (Wildman–Crippen MR) is 115 cm³/mol. The zero-order valence-electron chi connectivity index (χ0n) is 18.0. The summed E-state index contributed by atoms with van der Waals surface area (Å²) in [6.07, 6.45) is 8.41. The number of terminal acetylenes is 1. The summed E-state index contributed by atoms with van der Waals surface area (Å²) in [5.41, 5.74) is 2.86. The Kier molecular flexibility index (Phi) is 7.73. The predicted octanol–water partition coefficient (Wildman–Crippen LogP) is 5.96. The second-order valence-corrected chi connectivity index (χ2v) is 7.54. The van der Waals surface area contributed by atoms with Gasteiger partial charge in [-0.05, 0) is 49.1 Å². The normalized spacial score (nSPS) is 12.0. The molecule has 0 aromatic heterocycles. The van der Waals surface area contributed by atoms with Gasteiger partial charge in [-0.2, -0.15) is 0 Å². The second kappa shape index (κ2) is 10.0. The molecule has 4 nitrogen and oxygen atoms in total. The molecule has 1 atom stereocenters. The molecule has 0 bridgehead atoms. The summed E-state index contributed by atoms with van der Waals surface area (Å²) in [4.78, 5) is 11.3. The fourth-order valence-electron chi connectivity index (χ4n) is 3.04. The van der Waals surface area contributed by atoms with Crippen LogP contribution in [0.4, 0.5) is 0 Å². The summed E-state index contributed by atoms with van der Waals surface area (Å²) in [7, 11) is 0. The molecule has 0 saturated carbocycles. The van der Waals surface area contributed by atoms with Crippen LogP contribution >= 0.6 is 0 Å². The van der Waals surface area contributed by atoms with Gasteiger partial charge in [-0.15, -0.1) is 6.42 Å².